The van der Waals surface area contributed by atoms with Crippen LogP contribution in [0.1, 0.15) is 18.9 Å². The summed E-state index contributed by atoms with van der Waals surface area (Å²) in [5, 5.41) is 0.740. The molecule has 3 rings (SSSR count). The number of thiazole rings is 1. The number of anilines is 1. The van der Waals surface area contributed by atoms with Crippen LogP contribution in [0, 0.1) is 0 Å². The highest BCUT2D eigenvalue weighted by Crippen LogP contribution is 2.30. The third-order valence-corrected chi connectivity index (χ3v) is 5.52. The Labute approximate surface area is 170 Å². The molecule has 0 fully saturated rings. The Kier molecular flexibility index (Phi) is 7.01. The molecule has 0 saturated carbocycles. The van der Waals surface area contributed by atoms with Crippen LogP contribution in [0.25, 0.3) is 10.2 Å². The van der Waals surface area contributed by atoms with E-state index in [4.69, 9.17) is 9.72 Å². The van der Waals surface area contributed by atoms with Crippen LogP contribution in [0.3, 0.4) is 0 Å². The average molecular weight is 398 g/mol. The van der Waals surface area contributed by atoms with Crippen LogP contribution in [-0.2, 0) is 11.2 Å². The summed E-state index contributed by atoms with van der Waals surface area (Å²) in [6.45, 7) is 3.67. The molecule has 0 spiro atoms. The summed E-state index contributed by atoms with van der Waals surface area (Å²) in [4.78, 5) is 21.6. The number of ether oxygens (including phenoxy) is 1. The fraction of sp³-hybridized carbons (Fsp3) is 0.364. The summed E-state index contributed by atoms with van der Waals surface area (Å²) in [6, 6.07) is 15.7. The highest BCUT2D eigenvalue weighted by Gasteiger charge is 2.20. The molecule has 0 radical (unpaired) electrons. The lowest BCUT2D eigenvalue weighted by Gasteiger charge is -2.21. The Hall–Kier alpha value is -2.44. The molecule has 1 heterocycles. The Balaban J connectivity index is 1.78. The number of hydrogen-bond donors (Lipinski definition) is 0. The molecule has 0 aliphatic carbocycles. The molecule has 1 amide bonds. The minimum atomic E-state index is -0.0719. The van der Waals surface area contributed by atoms with Gasteiger partial charge in [0.05, 0.1) is 10.2 Å². The van der Waals surface area contributed by atoms with E-state index in [2.05, 4.69) is 24.0 Å². The maximum Gasteiger partial charge on any atom is 0.266 e. The number of carbonyl (C=O) groups is 1. The van der Waals surface area contributed by atoms with E-state index in [1.54, 1.807) is 16.2 Å². The molecule has 148 valence electrons. The topological polar surface area (TPSA) is 45.7 Å². The van der Waals surface area contributed by atoms with Gasteiger partial charge in [0, 0.05) is 6.54 Å². The van der Waals surface area contributed by atoms with Crippen LogP contribution >= 0.6 is 11.3 Å². The summed E-state index contributed by atoms with van der Waals surface area (Å²) in [5.41, 5.74) is 2.21. The van der Waals surface area contributed by atoms with Crippen molar-refractivity contribution in [2.24, 2.45) is 0 Å². The van der Waals surface area contributed by atoms with E-state index in [0.717, 1.165) is 34.7 Å². The minimum Gasteiger partial charge on any atom is -0.484 e. The van der Waals surface area contributed by atoms with Crippen molar-refractivity contribution in [1.82, 2.24) is 9.88 Å². The van der Waals surface area contributed by atoms with Crippen molar-refractivity contribution in [1.29, 1.82) is 0 Å². The fourth-order valence-corrected chi connectivity index (χ4v) is 3.98. The van der Waals surface area contributed by atoms with E-state index >= 15 is 0 Å². The van der Waals surface area contributed by atoms with Gasteiger partial charge in [0.15, 0.2) is 11.7 Å². The largest absolute Gasteiger partial charge is 0.484 e. The Morgan fingerprint density at radius 2 is 1.89 bits per heavy atom. The Bertz CT molecular complexity index is 909. The Morgan fingerprint density at radius 3 is 2.61 bits per heavy atom. The lowest BCUT2D eigenvalue weighted by Crippen LogP contribution is -2.36. The summed E-state index contributed by atoms with van der Waals surface area (Å²) >= 11 is 1.57. The summed E-state index contributed by atoms with van der Waals surface area (Å²) in [5.74, 6) is 0.623. The first-order chi connectivity index (χ1) is 13.6. The summed E-state index contributed by atoms with van der Waals surface area (Å²) < 4.78 is 6.80. The van der Waals surface area contributed by atoms with Gasteiger partial charge in [-0.05, 0) is 63.3 Å². The van der Waals surface area contributed by atoms with Crippen LogP contribution in [0.4, 0.5) is 5.13 Å². The second-order valence-corrected chi connectivity index (χ2v) is 7.97. The Morgan fingerprint density at radius 1 is 1.11 bits per heavy atom. The lowest BCUT2D eigenvalue weighted by atomic mass is 10.2. The third-order valence-electron chi connectivity index (χ3n) is 4.47. The van der Waals surface area contributed by atoms with Gasteiger partial charge in [0.25, 0.3) is 5.91 Å². The molecular weight excluding hydrogens is 370 g/mol. The predicted octanol–water partition coefficient (Wildman–Crippen LogP) is 4.22. The summed E-state index contributed by atoms with van der Waals surface area (Å²) in [6.07, 6.45) is 1.86. The monoisotopic (exact) mass is 397 g/mol. The molecule has 5 nitrogen and oxygen atoms in total. The molecule has 0 aliphatic heterocycles. The third kappa shape index (κ3) is 5.30. The van der Waals surface area contributed by atoms with Gasteiger partial charge < -0.3 is 9.64 Å². The number of hydrogen-bond acceptors (Lipinski definition) is 5. The second-order valence-electron chi connectivity index (χ2n) is 6.96. The van der Waals surface area contributed by atoms with Crippen LogP contribution < -0.4 is 9.64 Å². The molecule has 3 aromatic rings. The molecule has 0 bridgehead atoms. The first-order valence-electron chi connectivity index (χ1n) is 9.59. The van der Waals surface area contributed by atoms with Crippen molar-refractivity contribution in [2.75, 3.05) is 38.7 Å². The van der Waals surface area contributed by atoms with E-state index in [-0.39, 0.29) is 12.5 Å². The van der Waals surface area contributed by atoms with Crippen molar-refractivity contribution in [2.45, 2.75) is 19.8 Å². The van der Waals surface area contributed by atoms with Gasteiger partial charge in [0.2, 0.25) is 0 Å². The zero-order valence-corrected chi connectivity index (χ0v) is 17.5. The van der Waals surface area contributed by atoms with Crippen molar-refractivity contribution < 1.29 is 9.53 Å². The highest BCUT2D eigenvalue weighted by atomic mass is 32.1. The smallest absolute Gasteiger partial charge is 0.266 e. The molecule has 0 unspecified atom stereocenters. The maximum atomic E-state index is 12.9. The quantitative estimate of drug-likeness (QED) is 0.542. The number of aryl methyl sites for hydroxylation is 1. The maximum absolute atomic E-state index is 12.9. The van der Waals surface area contributed by atoms with Crippen molar-refractivity contribution in [3.05, 3.63) is 54.1 Å². The van der Waals surface area contributed by atoms with E-state index in [1.807, 2.05) is 50.5 Å². The number of fused-ring (bicyclic) bond motifs is 1. The average Bonchev–Trinajstić information content (AvgIpc) is 3.12. The number of amides is 1. The molecule has 2 aromatic carbocycles. The normalized spacial score (nSPS) is 11.1. The number of rotatable bonds is 9. The molecule has 0 N–H and O–H groups in total. The van der Waals surface area contributed by atoms with Gasteiger partial charge in [-0.1, -0.05) is 42.5 Å². The van der Waals surface area contributed by atoms with Gasteiger partial charge in [-0.25, -0.2) is 4.98 Å². The van der Waals surface area contributed by atoms with E-state index < -0.39 is 0 Å². The van der Waals surface area contributed by atoms with E-state index in [1.165, 1.54) is 5.56 Å². The molecule has 28 heavy (non-hydrogen) atoms. The van der Waals surface area contributed by atoms with Crippen LogP contribution in [0.15, 0.2) is 48.5 Å². The number of aromatic nitrogens is 1. The van der Waals surface area contributed by atoms with Gasteiger partial charge in [-0.3, -0.25) is 9.69 Å². The number of carbonyl (C=O) groups excluding carboxylic acids is 1. The summed E-state index contributed by atoms with van der Waals surface area (Å²) in [7, 11) is 4.07. The van der Waals surface area contributed by atoms with Gasteiger partial charge in [-0.15, -0.1) is 0 Å². The van der Waals surface area contributed by atoms with E-state index in [9.17, 15) is 4.79 Å². The number of benzene rings is 2. The molecule has 6 heteroatoms. The standard InChI is InChI=1S/C22H27N3O2S/c1-4-17-11-12-19-20(15-17)28-22(23-19)25(14-8-13-24(2)3)21(26)16-27-18-9-6-5-7-10-18/h5-7,9-12,15H,4,8,13-14,16H2,1-3H3. The SMILES string of the molecule is CCc1ccc2nc(N(CCCN(C)C)C(=O)COc3ccccc3)sc2c1. The van der Waals surface area contributed by atoms with Gasteiger partial charge >= 0.3 is 0 Å². The van der Waals surface area contributed by atoms with E-state index in [0.29, 0.717) is 12.3 Å². The fourth-order valence-electron chi connectivity index (χ4n) is 2.90. The van der Waals surface area contributed by atoms with Crippen LogP contribution in [0.2, 0.25) is 0 Å². The lowest BCUT2D eigenvalue weighted by molar-refractivity contribution is -0.120. The van der Waals surface area contributed by atoms with Crippen molar-refractivity contribution >= 4 is 32.6 Å². The number of nitrogens with zero attached hydrogens (tertiary/aromatic N) is 3. The molecular formula is C22H27N3O2S. The molecule has 0 aliphatic rings. The highest BCUT2D eigenvalue weighted by molar-refractivity contribution is 7.22. The van der Waals surface area contributed by atoms with Crippen molar-refractivity contribution in [3.8, 4) is 5.75 Å². The van der Waals surface area contributed by atoms with Crippen LogP contribution in [-0.4, -0.2) is 49.6 Å². The molecule has 0 atom stereocenters. The first kappa shape index (κ1) is 20.3. The zero-order valence-electron chi connectivity index (χ0n) is 16.7. The van der Waals surface area contributed by atoms with Crippen molar-refractivity contribution in [3.63, 3.8) is 0 Å². The zero-order chi connectivity index (χ0) is 19.9. The van der Waals surface area contributed by atoms with Gasteiger partial charge in [0.1, 0.15) is 5.75 Å². The number of para-hydroxylation sites is 1. The minimum absolute atomic E-state index is 0.00210. The molecule has 1 aromatic heterocycles. The van der Waals surface area contributed by atoms with Crippen LogP contribution in [0.5, 0.6) is 5.75 Å². The molecule has 0 saturated heterocycles. The predicted molar refractivity (Wildman–Crippen MR) is 116 cm³/mol. The second kappa shape index (κ2) is 9.66. The van der Waals surface area contributed by atoms with Gasteiger partial charge in [-0.2, -0.15) is 0 Å². The first-order valence-corrected chi connectivity index (χ1v) is 10.4.